The minimum atomic E-state index is 0.0281. The van der Waals surface area contributed by atoms with E-state index in [1.54, 1.807) is 13.4 Å². The molecule has 24 heavy (non-hydrogen) atoms. The molecule has 5 heteroatoms. The first-order chi connectivity index (χ1) is 11.4. The van der Waals surface area contributed by atoms with Gasteiger partial charge >= 0.3 is 0 Å². The summed E-state index contributed by atoms with van der Waals surface area (Å²) >= 11 is 0. The smallest absolute Gasteiger partial charge is 0.224 e. The molecule has 0 radical (unpaired) electrons. The third-order valence-electron chi connectivity index (χ3n) is 4.43. The standard InChI is InChI=1S/C19H28N2O3/c1-13(2)21(14(3)4)9-8-20-19(22)10-15-12-24-18-11-16(23-5)6-7-17(15)18/h6-7,11-14H,8-10H2,1-5H3,(H,20,22)/p+1. The van der Waals surface area contributed by atoms with Crippen molar-refractivity contribution in [1.82, 2.24) is 5.32 Å². The van der Waals surface area contributed by atoms with E-state index >= 15 is 0 Å². The van der Waals surface area contributed by atoms with Crippen molar-refractivity contribution in [3.8, 4) is 5.75 Å². The van der Waals surface area contributed by atoms with E-state index in [1.807, 2.05) is 18.2 Å². The number of methoxy groups -OCH3 is 1. The number of furan rings is 1. The summed E-state index contributed by atoms with van der Waals surface area (Å²) in [6, 6.07) is 6.75. The summed E-state index contributed by atoms with van der Waals surface area (Å²) in [5.41, 5.74) is 1.65. The summed E-state index contributed by atoms with van der Waals surface area (Å²) < 4.78 is 10.7. The first-order valence-electron chi connectivity index (χ1n) is 8.58. The third-order valence-corrected chi connectivity index (χ3v) is 4.43. The number of fused-ring (bicyclic) bond motifs is 1. The number of amides is 1. The maximum Gasteiger partial charge on any atom is 0.224 e. The van der Waals surface area contributed by atoms with E-state index in [2.05, 4.69) is 33.0 Å². The second-order valence-electron chi connectivity index (χ2n) is 6.78. The van der Waals surface area contributed by atoms with Gasteiger partial charge in [-0.1, -0.05) is 0 Å². The maximum absolute atomic E-state index is 12.2. The number of carbonyl (C=O) groups excluding carboxylic acids is 1. The zero-order chi connectivity index (χ0) is 17.7. The molecule has 2 N–H and O–H groups in total. The van der Waals surface area contributed by atoms with Crippen LogP contribution in [0.1, 0.15) is 33.3 Å². The van der Waals surface area contributed by atoms with Gasteiger partial charge in [0, 0.05) is 17.0 Å². The number of hydrogen-bond acceptors (Lipinski definition) is 3. The molecule has 0 aliphatic carbocycles. The average Bonchev–Trinajstić information content (AvgIpc) is 2.92. The highest BCUT2D eigenvalue weighted by molar-refractivity contribution is 5.88. The van der Waals surface area contributed by atoms with Crippen molar-refractivity contribution in [2.24, 2.45) is 0 Å². The first kappa shape index (κ1) is 18.3. The van der Waals surface area contributed by atoms with Gasteiger partial charge < -0.3 is 19.4 Å². The molecule has 1 amide bonds. The Balaban J connectivity index is 1.91. The lowest BCUT2D eigenvalue weighted by molar-refractivity contribution is -0.941. The zero-order valence-corrected chi connectivity index (χ0v) is 15.3. The van der Waals surface area contributed by atoms with Gasteiger partial charge in [0.05, 0.1) is 45.0 Å². The van der Waals surface area contributed by atoms with E-state index in [1.165, 1.54) is 4.90 Å². The number of benzene rings is 1. The largest absolute Gasteiger partial charge is 0.497 e. The quantitative estimate of drug-likeness (QED) is 0.774. The Morgan fingerprint density at radius 3 is 2.58 bits per heavy atom. The molecule has 0 atom stereocenters. The van der Waals surface area contributed by atoms with Crippen molar-refractivity contribution in [2.75, 3.05) is 20.2 Å². The van der Waals surface area contributed by atoms with Crippen LogP contribution in [0.2, 0.25) is 0 Å². The molecule has 0 aliphatic rings. The minimum absolute atomic E-state index is 0.0281. The van der Waals surface area contributed by atoms with Crippen molar-refractivity contribution >= 4 is 16.9 Å². The molecular weight excluding hydrogens is 304 g/mol. The summed E-state index contributed by atoms with van der Waals surface area (Å²) in [6.07, 6.45) is 1.99. The molecule has 0 aliphatic heterocycles. The van der Waals surface area contributed by atoms with Crippen LogP contribution < -0.4 is 15.0 Å². The van der Waals surface area contributed by atoms with Crippen molar-refractivity contribution in [2.45, 2.75) is 46.2 Å². The SMILES string of the molecule is COc1ccc2c(CC(=O)NCC[NH+](C(C)C)C(C)C)coc2c1. The van der Waals surface area contributed by atoms with Crippen molar-refractivity contribution < 1.29 is 18.8 Å². The van der Waals surface area contributed by atoms with Gasteiger partial charge in [0.25, 0.3) is 0 Å². The van der Waals surface area contributed by atoms with Crippen LogP contribution in [-0.2, 0) is 11.2 Å². The molecule has 0 saturated carbocycles. The van der Waals surface area contributed by atoms with Gasteiger partial charge in [-0.15, -0.1) is 0 Å². The number of ether oxygens (including phenoxy) is 1. The Morgan fingerprint density at radius 2 is 1.96 bits per heavy atom. The Labute approximate surface area is 144 Å². The Kier molecular flexibility index (Phi) is 6.26. The van der Waals surface area contributed by atoms with Gasteiger partial charge in [-0.05, 0) is 39.8 Å². The topological polar surface area (TPSA) is 55.9 Å². The molecule has 0 unspecified atom stereocenters. The summed E-state index contributed by atoms with van der Waals surface area (Å²) in [6.45, 7) is 10.5. The molecule has 132 valence electrons. The lowest BCUT2D eigenvalue weighted by Crippen LogP contribution is -3.18. The molecule has 0 fully saturated rings. The first-order valence-corrected chi connectivity index (χ1v) is 8.58. The van der Waals surface area contributed by atoms with Gasteiger partial charge in [0.1, 0.15) is 11.3 Å². The fourth-order valence-corrected chi connectivity index (χ4v) is 3.15. The van der Waals surface area contributed by atoms with E-state index in [9.17, 15) is 4.79 Å². The maximum atomic E-state index is 12.2. The molecule has 0 bridgehead atoms. The predicted molar refractivity (Wildman–Crippen MR) is 95.6 cm³/mol. The average molecular weight is 333 g/mol. The number of hydrogen-bond donors (Lipinski definition) is 2. The Morgan fingerprint density at radius 1 is 1.25 bits per heavy atom. The van der Waals surface area contributed by atoms with Crippen LogP contribution in [0.25, 0.3) is 11.0 Å². The minimum Gasteiger partial charge on any atom is -0.497 e. The van der Waals surface area contributed by atoms with Crippen LogP contribution in [0.5, 0.6) is 5.75 Å². The van der Waals surface area contributed by atoms with Crippen LogP contribution in [0.4, 0.5) is 0 Å². The Bertz CT molecular complexity index is 668. The van der Waals surface area contributed by atoms with Crippen molar-refractivity contribution in [3.05, 3.63) is 30.0 Å². The van der Waals surface area contributed by atoms with Gasteiger partial charge in [-0.25, -0.2) is 0 Å². The molecule has 2 aromatic rings. The third kappa shape index (κ3) is 4.51. The van der Waals surface area contributed by atoms with Gasteiger partial charge in [0.2, 0.25) is 5.91 Å². The van der Waals surface area contributed by atoms with Crippen molar-refractivity contribution in [1.29, 1.82) is 0 Å². The number of carbonyl (C=O) groups is 1. The highest BCUT2D eigenvalue weighted by atomic mass is 16.5. The zero-order valence-electron chi connectivity index (χ0n) is 15.3. The molecule has 5 nitrogen and oxygen atoms in total. The van der Waals surface area contributed by atoms with Crippen LogP contribution >= 0.6 is 0 Å². The summed E-state index contributed by atoms with van der Waals surface area (Å²) in [5.74, 6) is 0.777. The number of nitrogens with one attached hydrogen (secondary N) is 2. The molecule has 1 aromatic heterocycles. The fourth-order valence-electron chi connectivity index (χ4n) is 3.15. The fraction of sp³-hybridized carbons (Fsp3) is 0.526. The second kappa shape index (κ2) is 8.20. The molecule has 1 aromatic carbocycles. The summed E-state index contributed by atoms with van der Waals surface area (Å²) in [7, 11) is 1.62. The lowest BCUT2D eigenvalue weighted by atomic mass is 10.1. The van der Waals surface area contributed by atoms with E-state index in [0.717, 1.165) is 28.8 Å². The molecular formula is C19H29N2O3+. The highest BCUT2D eigenvalue weighted by Gasteiger charge is 2.17. The van der Waals surface area contributed by atoms with Crippen LogP contribution in [0.15, 0.2) is 28.9 Å². The predicted octanol–water partition coefficient (Wildman–Crippen LogP) is 1.80. The molecule has 0 spiro atoms. The van der Waals surface area contributed by atoms with Gasteiger partial charge in [0.15, 0.2) is 0 Å². The lowest BCUT2D eigenvalue weighted by Gasteiger charge is -2.27. The van der Waals surface area contributed by atoms with Crippen LogP contribution in [0.3, 0.4) is 0 Å². The van der Waals surface area contributed by atoms with Gasteiger partial charge in [-0.2, -0.15) is 0 Å². The van der Waals surface area contributed by atoms with Gasteiger partial charge in [-0.3, -0.25) is 4.79 Å². The normalized spacial score (nSPS) is 11.7. The molecule has 0 saturated heterocycles. The van der Waals surface area contributed by atoms with Crippen LogP contribution in [-0.4, -0.2) is 38.2 Å². The Hall–Kier alpha value is -2.01. The monoisotopic (exact) mass is 333 g/mol. The summed E-state index contributed by atoms with van der Waals surface area (Å²) in [5, 5.41) is 3.98. The van der Waals surface area contributed by atoms with E-state index in [0.29, 0.717) is 25.0 Å². The van der Waals surface area contributed by atoms with E-state index in [-0.39, 0.29) is 5.91 Å². The number of quaternary nitrogens is 1. The summed E-state index contributed by atoms with van der Waals surface area (Å²) in [4.78, 5) is 13.7. The molecule has 2 rings (SSSR count). The molecule has 1 heterocycles. The van der Waals surface area contributed by atoms with Crippen LogP contribution in [0, 0.1) is 0 Å². The van der Waals surface area contributed by atoms with E-state index < -0.39 is 0 Å². The second-order valence-corrected chi connectivity index (χ2v) is 6.78. The van der Waals surface area contributed by atoms with Crippen molar-refractivity contribution in [3.63, 3.8) is 0 Å². The number of rotatable bonds is 8. The highest BCUT2D eigenvalue weighted by Crippen LogP contribution is 2.25. The van der Waals surface area contributed by atoms with E-state index in [4.69, 9.17) is 9.15 Å².